The second-order valence-electron chi connectivity index (χ2n) is 4.34. The average Bonchev–Trinajstić information content (AvgIpc) is 2.71. The van der Waals surface area contributed by atoms with Crippen LogP contribution in [-0.4, -0.2) is 46.3 Å². The Balaban J connectivity index is 1.88. The van der Waals surface area contributed by atoms with E-state index < -0.39 is 0 Å². The molecule has 1 aromatic rings. The number of rotatable bonds is 3. The fourth-order valence-corrected chi connectivity index (χ4v) is 1.95. The van der Waals surface area contributed by atoms with Gasteiger partial charge in [-0.3, -0.25) is 4.90 Å². The SMILES string of the molecule is CC(C)N1CCOC(Cn2ccnc2)C1. The Kier molecular flexibility index (Phi) is 3.38. The molecule has 1 aliphatic heterocycles. The van der Waals surface area contributed by atoms with Gasteiger partial charge < -0.3 is 9.30 Å². The van der Waals surface area contributed by atoms with Gasteiger partial charge in [-0.1, -0.05) is 0 Å². The molecular weight excluding hydrogens is 190 g/mol. The van der Waals surface area contributed by atoms with Crippen molar-refractivity contribution in [3.05, 3.63) is 18.7 Å². The summed E-state index contributed by atoms with van der Waals surface area (Å²) < 4.78 is 7.82. The predicted molar refractivity (Wildman–Crippen MR) is 58.7 cm³/mol. The zero-order chi connectivity index (χ0) is 10.7. The average molecular weight is 209 g/mol. The standard InChI is InChI=1S/C11H19N3O/c1-10(2)14-5-6-15-11(8-14)7-13-4-3-12-9-13/h3-4,9-11H,5-8H2,1-2H3. The highest BCUT2D eigenvalue weighted by Gasteiger charge is 2.22. The molecule has 0 bridgehead atoms. The van der Waals surface area contributed by atoms with Crippen LogP contribution in [0, 0.1) is 0 Å². The van der Waals surface area contributed by atoms with E-state index in [1.54, 1.807) is 0 Å². The molecule has 0 aliphatic carbocycles. The second kappa shape index (κ2) is 4.77. The van der Waals surface area contributed by atoms with Crippen molar-refractivity contribution >= 4 is 0 Å². The second-order valence-corrected chi connectivity index (χ2v) is 4.34. The van der Waals surface area contributed by atoms with Gasteiger partial charge in [0.2, 0.25) is 0 Å². The molecule has 4 heteroatoms. The lowest BCUT2D eigenvalue weighted by Gasteiger charge is -2.35. The van der Waals surface area contributed by atoms with Gasteiger partial charge in [0.1, 0.15) is 0 Å². The summed E-state index contributed by atoms with van der Waals surface area (Å²) in [5.74, 6) is 0. The first-order valence-electron chi connectivity index (χ1n) is 5.57. The number of nitrogens with zero attached hydrogens (tertiary/aromatic N) is 3. The van der Waals surface area contributed by atoms with Gasteiger partial charge in [0.15, 0.2) is 0 Å². The Hall–Kier alpha value is -0.870. The van der Waals surface area contributed by atoms with Gasteiger partial charge in [-0.15, -0.1) is 0 Å². The summed E-state index contributed by atoms with van der Waals surface area (Å²) in [6.45, 7) is 8.30. The lowest BCUT2D eigenvalue weighted by atomic mass is 10.2. The molecular formula is C11H19N3O. The summed E-state index contributed by atoms with van der Waals surface area (Å²) >= 11 is 0. The number of ether oxygens (including phenoxy) is 1. The molecule has 15 heavy (non-hydrogen) atoms. The summed E-state index contributed by atoms with van der Waals surface area (Å²) in [7, 11) is 0. The van der Waals surface area contributed by atoms with Crippen molar-refractivity contribution in [2.24, 2.45) is 0 Å². The van der Waals surface area contributed by atoms with Crippen LogP contribution in [0.25, 0.3) is 0 Å². The van der Waals surface area contributed by atoms with Crippen molar-refractivity contribution in [2.45, 2.75) is 32.5 Å². The summed E-state index contributed by atoms with van der Waals surface area (Å²) in [5.41, 5.74) is 0. The number of aromatic nitrogens is 2. The molecule has 1 unspecified atom stereocenters. The monoisotopic (exact) mass is 209 g/mol. The minimum atomic E-state index is 0.301. The Morgan fingerprint density at radius 1 is 1.53 bits per heavy atom. The topological polar surface area (TPSA) is 30.3 Å². The minimum absolute atomic E-state index is 0.301. The fourth-order valence-electron chi connectivity index (χ4n) is 1.95. The normalized spacial score (nSPS) is 23.5. The molecule has 0 aromatic carbocycles. The third kappa shape index (κ3) is 2.79. The van der Waals surface area contributed by atoms with E-state index in [1.807, 2.05) is 18.7 Å². The van der Waals surface area contributed by atoms with Gasteiger partial charge in [0, 0.05) is 31.5 Å². The highest BCUT2D eigenvalue weighted by atomic mass is 16.5. The Bertz CT molecular complexity index is 284. The molecule has 1 atom stereocenters. The maximum Gasteiger partial charge on any atom is 0.0946 e. The van der Waals surface area contributed by atoms with E-state index in [2.05, 4.69) is 28.3 Å². The first-order chi connectivity index (χ1) is 7.25. The number of hydrogen-bond donors (Lipinski definition) is 0. The molecule has 2 rings (SSSR count). The summed E-state index contributed by atoms with van der Waals surface area (Å²) in [6, 6.07) is 0.610. The lowest BCUT2D eigenvalue weighted by molar-refractivity contribution is -0.0456. The van der Waals surface area contributed by atoms with Gasteiger partial charge in [0.25, 0.3) is 0 Å². The van der Waals surface area contributed by atoms with Crippen LogP contribution in [-0.2, 0) is 11.3 Å². The van der Waals surface area contributed by atoms with Crippen LogP contribution in [0.1, 0.15) is 13.8 Å². The Labute approximate surface area is 90.9 Å². The molecule has 0 spiro atoms. The molecule has 1 saturated heterocycles. The van der Waals surface area contributed by atoms with Crippen LogP contribution >= 0.6 is 0 Å². The van der Waals surface area contributed by atoms with E-state index >= 15 is 0 Å². The zero-order valence-corrected chi connectivity index (χ0v) is 9.47. The van der Waals surface area contributed by atoms with E-state index in [1.165, 1.54) is 0 Å². The maximum atomic E-state index is 5.74. The highest BCUT2D eigenvalue weighted by Crippen LogP contribution is 2.10. The van der Waals surface area contributed by atoms with Crippen LogP contribution in [0.4, 0.5) is 0 Å². The molecule has 4 nitrogen and oxygen atoms in total. The van der Waals surface area contributed by atoms with Crippen LogP contribution < -0.4 is 0 Å². The van der Waals surface area contributed by atoms with Crippen molar-refractivity contribution in [1.29, 1.82) is 0 Å². The minimum Gasteiger partial charge on any atom is -0.374 e. The molecule has 0 radical (unpaired) electrons. The highest BCUT2D eigenvalue weighted by molar-refractivity contribution is 4.79. The summed E-state index contributed by atoms with van der Waals surface area (Å²) in [4.78, 5) is 6.50. The van der Waals surface area contributed by atoms with Crippen molar-refractivity contribution in [1.82, 2.24) is 14.5 Å². The maximum absolute atomic E-state index is 5.74. The quantitative estimate of drug-likeness (QED) is 0.743. The predicted octanol–water partition coefficient (Wildman–Crippen LogP) is 0.992. The Morgan fingerprint density at radius 3 is 3.07 bits per heavy atom. The van der Waals surface area contributed by atoms with Gasteiger partial charge in [-0.25, -0.2) is 4.98 Å². The fraction of sp³-hybridized carbons (Fsp3) is 0.727. The van der Waals surface area contributed by atoms with Crippen molar-refractivity contribution in [3.63, 3.8) is 0 Å². The van der Waals surface area contributed by atoms with E-state index in [0.717, 1.165) is 26.2 Å². The van der Waals surface area contributed by atoms with Gasteiger partial charge in [0.05, 0.1) is 25.6 Å². The van der Waals surface area contributed by atoms with Crippen molar-refractivity contribution in [2.75, 3.05) is 19.7 Å². The van der Waals surface area contributed by atoms with E-state index in [9.17, 15) is 0 Å². The first-order valence-corrected chi connectivity index (χ1v) is 5.57. The van der Waals surface area contributed by atoms with Gasteiger partial charge in [-0.05, 0) is 13.8 Å². The zero-order valence-electron chi connectivity index (χ0n) is 9.47. The van der Waals surface area contributed by atoms with Crippen LogP contribution in [0.3, 0.4) is 0 Å². The molecule has 1 aliphatic rings. The molecule has 0 N–H and O–H groups in total. The largest absolute Gasteiger partial charge is 0.374 e. The lowest BCUT2D eigenvalue weighted by Crippen LogP contribution is -2.47. The first kappa shape index (κ1) is 10.6. The van der Waals surface area contributed by atoms with E-state index in [4.69, 9.17) is 4.74 Å². The Morgan fingerprint density at radius 2 is 2.40 bits per heavy atom. The molecule has 0 amide bonds. The molecule has 1 aromatic heterocycles. The summed E-state index contributed by atoms with van der Waals surface area (Å²) in [6.07, 6.45) is 5.94. The number of imidazole rings is 1. The molecule has 0 saturated carbocycles. The van der Waals surface area contributed by atoms with Crippen LogP contribution in [0.5, 0.6) is 0 Å². The number of hydrogen-bond acceptors (Lipinski definition) is 3. The molecule has 1 fully saturated rings. The van der Waals surface area contributed by atoms with Crippen molar-refractivity contribution in [3.8, 4) is 0 Å². The smallest absolute Gasteiger partial charge is 0.0946 e. The van der Waals surface area contributed by atoms with Crippen molar-refractivity contribution < 1.29 is 4.74 Å². The summed E-state index contributed by atoms with van der Waals surface area (Å²) in [5, 5.41) is 0. The van der Waals surface area contributed by atoms with Crippen LogP contribution in [0.2, 0.25) is 0 Å². The number of morpholine rings is 1. The van der Waals surface area contributed by atoms with Gasteiger partial charge in [-0.2, -0.15) is 0 Å². The third-order valence-corrected chi connectivity index (χ3v) is 2.87. The molecule has 2 heterocycles. The third-order valence-electron chi connectivity index (χ3n) is 2.87. The molecule has 84 valence electrons. The van der Waals surface area contributed by atoms with E-state index in [0.29, 0.717) is 12.1 Å². The van der Waals surface area contributed by atoms with Gasteiger partial charge >= 0.3 is 0 Å². The van der Waals surface area contributed by atoms with Crippen LogP contribution in [0.15, 0.2) is 18.7 Å². The van der Waals surface area contributed by atoms with E-state index in [-0.39, 0.29) is 0 Å².